The van der Waals surface area contributed by atoms with Crippen LogP contribution in [0.3, 0.4) is 0 Å². The highest BCUT2D eigenvalue weighted by Gasteiger charge is 2.22. The number of nitrogens with one attached hydrogen (secondary N) is 1. The summed E-state index contributed by atoms with van der Waals surface area (Å²) in [6.07, 6.45) is 0.919. The van der Waals surface area contributed by atoms with Gasteiger partial charge in [0.15, 0.2) is 0 Å². The maximum Gasteiger partial charge on any atom is 0.315 e. The first-order valence-electron chi connectivity index (χ1n) is 6.90. The van der Waals surface area contributed by atoms with Crippen LogP contribution in [-0.2, 0) is 4.74 Å². The molecule has 0 aliphatic rings. The van der Waals surface area contributed by atoms with Gasteiger partial charge in [0.25, 0.3) is 0 Å². The van der Waals surface area contributed by atoms with Crippen molar-refractivity contribution in [2.75, 3.05) is 43.6 Å². The third-order valence-electron chi connectivity index (χ3n) is 3.05. The second kappa shape index (κ2) is 8.37. The van der Waals surface area contributed by atoms with Crippen LogP contribution < -0.4 is 10.2 Å². The number of nitrogens with zero attached hydrogens (tertiary/aromatic N) is 2. The maximum atomic E-state index is 11.4. The number of likely N-dealkylation sites (N-methyl/N-ethyl adjacent to an activating group) is 1. The minimum atomic E-state index is -0.317. The van der Waals surface area contributed by atoms with E-state index in [9.17, 15) is 10.1 Å². The van der Waals surface area contributed by atoms with Crippen LogP contribution in [-0.4, -0.2) is 38.3 Å². The van der Waals surface area contributed by atoms with Crippen LogP contribution in [0.4, 0.5) is 17.1 Å². The third kappa shape index (κ3) is 4.09. The summed E-state index contributed by atoms with van der Waals surface area (Å²) >= 11 is 0. The van der Waals surface area contributed by atoms with E-state index in [-0.39, 0.29) is 10.6 Å². The van der Waals surface area contributed by atoms with E-state index in [4.69, 9.17) is 4.74 Å². The Labute approximate surface area is 119 Å². The highest BCUT2D eigenvalue weighted by molar-refractivity contribution is 5.77. The van der Waals surface area contributed by atoms with Gasteiger partial charge >= 0.3 is 5.69 Å². The molecule has 1 aromatic carbocycles. The smallest absolute Gasteiger partial charge is 0.315 e. The molecule has 1 rings (SSSR count). The zero-order valence-electron chi connectivity index (χ0n) is 12.4. The second-order valence-electron chi connectivity index (χ2n) is 4.43. The van der Waals surface area contributed by atoms with Crippen molar-refractivity contribution < 1.29 is 9.66 Å². The van der Waals surface area contributed by atoms with Crippen molar-refractivity contribution >= 4 is 17.1 Å². The molecule has 0 amide bonds. The van der Waals surface area contributed by atoms with Crippen LogP contribution in [0.2, 0.25) is 0 Å². The summed E-state index contributed by atoms with van der Waals surface area (Å²) in [5.41, 5.74) is 1.35. The van der Waals surface area contributed by atoms with Gasteiger partial charge in [-0.3, -0.25) is 10.1 Å². The number of hydrogen-bond donors (Lipinski definition) is 1. The van der Waals surface area contributed by atoms with Crippen LogP contribution in [0.5, 0.6) is 0 Å². The molecule has 0 aromatic heterocycles. The Morgan fingerprint density at radius 2 is 2.15 bits per heavy atom. The Hall–Kier alpha value is -1.82. The molecule has 6 heteroatoms. The number of anilines is 2. The Balaban J connectivity index is 3.12. The lowest BCUT2D eigenvalue weighted by Gasteiger charge is -2.23. The molecule has 112 valence electrons. The predicted octanol–water partition coefficient (Wildman–Crippen LogP) is 2.89. The minimum Gasteiger partial charge on any atom is -0.383 e. The van der Waals surface area contributed by atoms with Gasteiger partial charge in [-0.25, -0.2) is 0 Å². The Morgan fingerprint density at radius 3 is 2.70 bits per heavy atom. The molecule has 0 aliphatic heterocycles. The lowest BCUT2D eigenvalue weighted by atomic mass is 10.2. The van der Waals surface area contributed by atoms with E-state index in [0.717, 1.165) is 6.42 Å². The average Bonchev–Trinajstić information content (AvgIpc) is 2.45. The van der Waals surface area contributed by atoms with Crippen molar-refractivity contribution in [1.82, 2.24) is 0 Å². The number of nitro benzene ring substituents is 1. The first-order valence-corrected chi connectivity index (χ1v) is 6.90. The molecule has 0 spiro atoms. The summed E-state index contributed by atoms with van der Waals surface area (Å²) in [5, 5.41) is 14.5. The second-order valence-corrected chi connectivity index (χ2v) is 4.43. The van der Waals surface area contributed by atoms with Crippen molar-refractivity contribution in [3.05, 3.63) is 28.3 Å². The SMILES string of the molecule is CCCNc1cccc(N(CC)CCOC)c1[N+](=O)[O-]. The lowest BCUT2D eigenvalue weighted by Crippen LogP contribution is -2.27. The molecule has 0 aliphatic carbocycles. The quantitative estimate of drug-likeness (QED) is 0.557. The third-order valence-corrected chi connectivity index (χ3v) is 3.05. The van der Waals surface area contributed by atoms with E-state index in [2.05, 4.69) is 5.32 Å². The van der Waals surface area contributed by atoms with Crippen molar-refractivity contribution in [1.29, 1.82) is 0 Å². The average molecular weight is 281 g/mol. The van der Waals surface area contributed by atoms with E-state index >= 15 is 0 Å². The van der Waals surface area contributed by atoms with E-state index in [1.807, 2.05) is 24.8 Å². The standard InChI is InChI=1S/C14H23N3O3/c1-4-9-15-12-7-6-8-13(14(12)17(18)19)16(5-2)10-11-20-3/h6-8,15H,4-5,9-11H2,1-3H3. The fraction of sp³-hybridized carbons (Fsp3) is 0.571. The van der Waals surface area contributed by atoms with Crippen molar-refractivity contribution in [3.8, 4) is 0 Å². The number of hydrogen-bond acceptors (Lipinski definition) is 5. The largest absolute Gasteiger partial charge is 0.383 e. The molecule has 0 atom stereocenters. The number of nitro groups is 1. The minimum absolute atomic E-state index is 0.138. The molecule has 0 saturated carbocycles. The summed E-state index contributed by atoms with van der Waals surface area (Å²) in [7, 11) is 1.63. The topological polar surface area (TPSA) is 67.6 Å². The van der Waals surface area contributed by atoms with Crippen molar-refractivity contribution in [3.63, 3.8) is 0 Å². The molecule has 0 radical (unpaired) electrons. The number of rotatable bonds is 9. The highest BCUT2D eigenvalue weighted by Crippen LogP contribution is 2.35. The van der Waals surface area contributed by atoms with Gasteiger partial charge in [0.2, 0.25) is 0 Å². The highest BCUT2D eigenvalue weighted by atomic mass is 16.6. The number of benzene rings is 1. The zero-order valence-corrected chi connectivity index (χ0v) is 12.4. The van der Waals surface area contributed by atoms with Crippen molar-refractivity contribution in [2.24, 2.45) is 0 Å². The molecule has 0 saturated heterocycles. The van der Waals surface area contributed by atoms with E-state index in [1.165, 1.54) is 0 Å². The van der Waals surface area contributed by atoms with Gasteiger partial charge in [0.1, 0.15) is 11.4 Å². The zero-order chi connectivity index (χ0) is 15.0. The van der Waals surface area contributed by atoms with Crippen LogP contribution in [0, 0.1) is 10.1 Å². The van der Waals surface area contributed by atoms with Gasteiger partial charge in [-0.15, -0.1) is 0 Å². The molecule has 0 bridgehead atoms. The number of ether oxygens (including phenoxy) is 1. The van der Waals surface area contributed by atoms with Gasteiger partial charge in [0.05, 0.1) is 11.5 Å². The Bertz CT molecular complexity index is 438. The summed E-state index contributed by atoms with van der Waals surface area (Å²) in [5.74, 6) is 0. The fourth-order valence-corrected chi connectivity index (χ4v) is 2.03. The normalized spacial score (nSPS) is 10.3. The molecular weight excluding hydrogens is 258 g/mol. The Morgan fingerprint density at radius 1 is 1.40 bits per heavy atom. The van der Waals surface area contributed by atoms with Gasteiger partial charge in [-0.2, -0.15) is 0 Å². The molecule has 0 heterocycles. The predicted molar refractivity (Wildman–Crippen MR) is 81.6 cm³/mol. The van der Waals surface area contributed by atoms with Gasteiger partial charge in [0, 0.05) is 26.7 Å². The molecule has 1 aromatic rings. The molecule has 0 unspecified atom stereocenters. The molecule has 6 nitrogen and oxygen atoms in total. The summed E-state index contributed by atoms with van der Waals surface area (Å²) in [6.45, 7) is 6.59. The fourth-order valence-electron chi connectivity index (χ4n) is 2.03. The summed E-state index contributed by atoms with van der Waals surface area (Å²) in [4.78, 5) is 13.0. The van der Waals surface area contributed by atoms with Crippen LogP contribution in [0.1, 0.15) is 20.3 Å². The first kappa shape index (κ1) is 16.2. The number of para-hydroxylation sites is 1. The molecular formula is C14H23N3O3. The lowest BCUT2D eigenvalue weighted by molar-refractivity contribution is -0.383. The van der Waals surface area contributed by atoms with Crippen molar-refractivity contribution in [2.45, 2.75) is 20.3 Å². The van der Waals surface area contributed by atoms with Gasteiger partial charge in [-0.05, 0) is 25.5 Å². The van der Waals surface area contributed by atoms with E-state index < -0.39 is 0 Å². The number of methoxy groups -OCH3 is 1. The molecule has 1 N–H and O–H groups in total. The molecule has 20 heavy (non-hydrogen) atoms. The van der Waals surface area contributed by atoms with Gasteiger partial charge < -0.3 is 15.0 Å². The van der Waals surface area contributed by atoms with E-state index in [0.29, 0.717) is 37.6 Å². The van der Waals surface area contributed by atoms with Crippen LogP contribution >= 0.6 is 0 Å². The van der Waals surface area contributed by atoms with Crippen LogP contribution in [0.25, 0.3) is 0 Å². The molecule has 0 fully saturated rings. The summed E-state index contributed by atoms with van der Waals surface area (Å²) in [6, 6.07) is 5.38. The Kier molecular flexibility index (Phi) is 6.79. The van der Waals surface area contributed by atoms with E-state index in [1.54, 1.807) is 19.2 Å². The monoisotopic (exact) mass is 281 g/mol. The summed E-state index contributed by atoms with van der Waals surface area (Å²) < 4.78 is 5.06. The maximum absolute atomic E-state index is 11.4. The van der Waals surface area contributed by atoms with Gasteiger partial charge in [-0.1, -0.05) is 13.0 Å². The first-order chi connectivity index (χ1) is 9.65. The van der Waals surface area contributed by atoms with Crippen LogP contribution in [0.15, 0.2) is 18.2 Å².